The van der Waals surface area contributed by atoms with E-state index in [2.05, 4.69) is 5.32 Å². The van der Waals surface area contributed by atoms with Crippen LogP contribution in [0.4, 0.5) is 0 Å². The number of nitrogens with one attached hydrogen (secondary N) is 1. The molecule has 2 aromatic carbocycles. The van der Waals surface area contributed by atoms with E-state index in [1.165, 1.54) is 0 Å². The molecule has 0 radical (unpaired) electrons. The van der Waals surface area contributed by atoms with Crippen molar-refractivity contribution in [2.45, 2.75) is 19.9 Å². The molecule has 0 bridgehead atoms. The SMILES string of the molecule is CC(C)NC(=O)c1cccc2cccc(O)c12. The van der Waals surface area contributed by atoms with Crippen LogP contribution in [0, 0.1) is 0 Å². The maximum atomic E-state index is 12.0. The molecule has 0 aromatic heterocycles. The lowest BCUT2D eigenvalue weighted by molar-refractivity contribution is 0.0944. The summed E-state index contributed by atoms with van der Waals surface area (Å²) in [5.74, 6) is -0.0240. The van der Waals surface area contributed by atoms with Crippen molar-refractivity contribution >= 4 is 16.7 Å². The van der Waals surface area contributed by atoms with E-state index in [4.69, 9.17) is 0 Å². The van der Waals surface area contributed by atoms with Crippen LogP contribution in [-0.4, -0.2) is 17.1 Å². The third-order valence-corrected chi connectivity index (χ3v) is 2.55. The number of fused-ring (bicyclic) bond motifs is 1. The number of hydrogen-bond acceptors (Lipinski definition) is 2. The Morgan fingerprint density at radius 1 is 1.18 bits per heavy atom. The highest BCUT2D eigenvalue weighted by Gasteiger charge is 2.12. The van der Waals surface area contributed by atoms with Crippen molar-refractivity contribution < 1.29 is 9.90 Å². The van der Waals surface area contributed by atoms with E-state index < -0.39 is 0 Å². The molecule has 88 valence electrons. The van der Waals surface area contributed by atoms with Gasteiger partial charge in [0, 0.05) is 11.4 Å². The standard InChI is InChI=1S/C14H15NO2/c1-9(2)15-14(17)11-7-3-5-10-6-4-8-12(16)13(10)11/h3-9,16H,1-2H3,(H,15,17). The molecule has 2 aromatic rings. The molecule has 0 saturated carbocycles. The highest BCUT2D eigenvalue weighted by Crippen LogP contribution is 2.27. The molecule has 0 aliphatic rings. The zero-order valence-electron chi connectivity index (χ0n) is 9.90. The van der Waals surface area contributed by atoms with Gasteiger partial charge in [0.05, 0.1) is 5.56 Å². The second kappa shape index (κ2) is 4.45. The molecule has 2 rings (SSSR count). The van der Waals surface area contributed by atoms with Gasteiger partial charge in [-0.05, 0) is 31.4 Å². The Labute approximate surface area is 100 Å². The summed E-state index contributed by atoms with van der Waals surface area (Å²) >= 11 is 0. The van der Waals surface area contributed by atoms with Crippen molar-refractivity contribution in [1.82, 2.24) is 5.32 Å². The van der Waals surface area contributed by atoms with E-state index in [-0.39, 0.29) is 17.7 Å². The zero-order valence-corrected chi connectivity index (χ0v) is 9.90. The predicted octanol–water partition coefficient (Wildman–Crippen LogP) is 2.68. The van der Waals surface area contributed by atoms with E-state index in [1.807, 2.05) is 32.0 Å². The van der Waals surface area contributed by atoms with Gasteiger partial charge in [0.1, 0.15) is 5.75 Å². The van der Waals surface area contributed by atoms with Crippen molar-refractivity contribution in [3.63, 3.8) is 0 Å². The van der Waals surface area contributed by atoms with Crippen LogP contribution in [0.25, 0.3) is 10.8 Å². The largest absolute Gasteiger partial charge is 0.507 e. The molecular weight excluding hydrogens is 214 g/mol. The Hall–Kier alpha value is -2.03. The summed E-state index contributed by atoms with van der Waals surface area (Å²) < 4.78 is 0. The summed E-state index contributed by atoms with van der Waals surface area (Å²) in [6, 6.07) is 10.7. The summed E-state index contributed by atoms with van der Waals surface area (Å²) in [6.45, 7) is 3.81. The van der Waals surface area contributed by atoms with E-state index in [9.17, 15) is 9.90 Å². The van der Waals surface area contributed by atoms with E-state index in [0.717, 1.165) is 5.39 Å². The predicted molar refractivity (Wildman–Crippen MR) is 68.2 cm³/mol. The number of carbonyl (C=O) groups excluding carboxylic acids is 1. The van der Waals surface area contributed by atoms with Crippen molar-refractivity contribution in [2.24, 2.45) is 0 Å². The molecular formula is C14H15NO2. The molecule has 0 spiro atoms. The van der Waals surface area contributed by atoms with Crippen LogP contribution < -0.4 is 5.32 Å². The van der Waals surface area contributed by atoms with Crippen molar-refractivity contribution in [1.29, 1.82) is 0 Å². The maximum absolute atomic E-state index is 12.0. The average Bonchev–Trinajstić information content (AvgIpc) is 2.28. The van der Waals surface area contributed by atoms with Gasteiger partial charge >= 0.3 is 0 Å². The number of phenolic OH excluding ortho intramolecular Hbond substituents is 1. The molecule has 0 unspecified atom stereocenters. The number of phenols is 1. The van der Waals surface area contributed by atoms with Gasteiger partial charge in [-0.3, -0.25) is 4.79 Å². The quantitative estimate of drug-likeness (QED) is 0.831. The minimum Gasteiger partial charge on any atom is -0.507 e. The van der Waals surface area contributed by atoms with Crippen LogP contribution in [0.3, 0.4) is 0 Å². The smallest absolute Gasteiger partial charge is 0.252 e. The Bertz CT molecular complexity index is 556. The van der Waals surface area contributed by atoms with Gasteiger partial charge in [-0.15, -0.1) is 0 Å². The first-order chi connectivity index (χ1) is 8.09. The first-order valence-corrected chi connectivity index (χ1v) is 5.61. The number of aromatic hydroxyl groups is 1. The molecule has 0 fully saturated rings. The molecule has 2 N–H and O–H groups in total. The normalized spacial score (nSPS) is 10.8. The number of carbonyl (C=O) groups is 1. The van der Waals surface area contributed by atoms with Crippen molar-refractivity contribution in [3.05, 3.63) is 42.0 Å². The third-order valence-electron chi connectivity index (χ3n) is 2.55. The Morgan fingerprint density at radius 3 is 2.47 bits per heavy atom. The monoisotopic (exact) mass is 229 g/mol. The topological polar surface area (TPSA) is 49.3 Å². The Balaban J connectivity index is 2.58. The molecule has 17 heavy (non-hydrogen) atoms. The second-order valence-electron chi connectivity index (χ2n) is 4.31. The first-order valence-electron chi connectivity index (χ1n) is 5.61. The van der Waals surface area contributed by atoms with Gasteiger partial charge < -0.3 is 10.4 Å². The van der Waals surface area contributed by atoms with Crippen LogP contribution in [0.5, 0.6) is 5.75 Å². The lowest BCUT2D eigenvalue weighted by Gasteiger charge is -2.11. The van der Waals surface area contributed by atoms with Gasteiger partial charge in [-0.1, -0.05) is 24.3 Å². The van der Waals surface area contributed by atoms with Gasteiger partial charge in [-0.2, -0.15) is 0 Å². The van der Waals surface area contributed by atoms with E-state index >= 15 is 0 Å². The summed E-state index contributed by atoms with van der Waals surface area (Å²) in [7, 11) is 0. The molecule has 0 atom stereocenters. The van der Waals surface area contributed by atoms with Crippen LogP contribution in [0.2, 0.25) is 0 Å². The van der Waals surface area contributed by atoms with Crippen LogP contribution in [0.1, 0.15) is 24.2 Å². The molecule has 0 saturated heterocycles. The van der Waals surface area contributed by atoms with Crippen molar-refractivity contribution in [2.75, 3.05) is 0 Å². The third kappa shape index (κ3) is 2.23. The van der Waals surface area contributed by atoms with Gasteiger partial charge in [0.15, 0.2) is 0 Å². The van der Waals surface area contributed by atoms with Crippen LogP contribution in [0.15, 0.2) is 36.4 Å². The highest BCUT2D eigenvalue weighted by atomic mass is 16.3. The average molecular weight is 229 g/mol. The Kier molecular flexibility index (Phi) is 3.00. The van der Waals surface area contributed by atoms with Gasteiger partial charge in [-0.25, -0.2) is 0 Å². The summed E-state index contributed by atoms with van der Waals surface area (Å²) in [5.41, 5.74) is 0.509. The molecule has 0 aliphatic heterocycles. The van der Waals surface area contributed by atoms with Gasteiger partial charge in [0.2, 0.25) is 0 Å². The molecule has 3 heteroatoms. The molecule has 3 nitrogen and oxygen atoms in total. The molecule has 1 amide bonds. The zero-order chi connectivity index (χ0) is 12.4. The summed E-state index contributed by atoms with van der Waals surface area (Å²) in [6.07, 6.45) is 0. The van der Waals surface area contributed by atoms with Gasteiger partial charge in [0.25, 0.3) is 5.91 Å². The minimum absolute atomic E-state index is 0.0728. The fraction of sp³-hybridized carbons (Fsp3) is 0.214. The highest BCUT2D eigenvalue weighted by molar-refractivity contribution is 6.09. The lowest BCUT2D eigenvalue weighted by Crippen LogP contribution is -2.30. The second-order valence-corrected chi connectivity index (χ2v) is 4.31. The number of rotatable bonds is 2. The first kappa shape index (κ1) is 11.5. The molecule has 0 heterocycles. The van der Waals surface area contributed by atoms with Crippen LogP contribution in [-0.2, 0) is 0 Å². The van der Waals surface area contributed by atoms with E-state index in [0.29, 0.717) is 10.9 Å². The maximum Gasteiger partial charge on any atom is 0.252 e. The van der Waals surface area contributed by atoms with E-state index in [1.54, 1.807) is 18.2 Å². The number of benzene rings is 2. The fourth-order valence-electron chi connectivity index (χ4n) is 1.85. The number of hydrogen-bond donors (Lipinski definition) is 2. The Morgan fingerprint density at radius 2 is 1.82 bits per heavy atom. The van der Waals surface area contributed by atoms with Crippen molar-refractivity contribution in [3.8, 4) is 5.75 Å². The fourth-order valence-corrected chi connectivity index (χ4v) is 1.85. The summed E-state index contributed by atoms with van der Waals surface area (Å²) in [5, 5.41) is 14.2. The molecule has 0 aliphatic carbocycles. The minimum atomic E-state index is -0.160. The number of amides is 1. The lowest BCUT2D eigenvalue weighted by atomic mass is 10.0. The summed E-state index contributed by atoms with van der Waals surface area (Å²) in [4.78, 5) is 12.0. The van der Waals surface area contributed by atoms with Crippen LogP contribution >= 0.6 is 0 Å².